The van der Waals surface area contributed by atoms with Crippen LogP contribution in [0.1, 0.15) is 37.3 Å². The average Bonchev–Trinajstić information content (AvgIpc) is 2.75. The first kappa shape index (κ1) is 27.6. The zero-order valence-electron chi connectivity index (χ0n) is 19.5. The molecule has 0 saturated carbocycles. The Morgan fingerprint density at radius 3 is 2.39 bits per heavy atom. The number of carbonyl (C=O) groups is 1. The number of nitrogens with one attached hydrogen (secondary N) is 2. The molecule has 0 spiro atoms. The summed E-state index contributed by atoms with van der Waals surface area (Å²) in [7, 11) is 3.50. The number of benzene rings is 1. The van der Waals surface area contributed by atoms with Gasteiger partial charge in [0.25, 0.3) is 0 Å². The fraction of sp³-hybridized carbons (Fsp3) is 0.652. The fourth-order valence-corrected chi connectivity index (χ4v) is 3.19. The van der Waals surface area contributed by atoms with E-state index in [0.29, 0.717) is 11.9 Å². The van der Waals surface area contributed by atoms with Crippen molar-refractivity contribution >= 4 is 35.8 Å². The molecule has 1 heterocycles. The first-order valence-corrected chi connectivity index (χ1v) is 11.1. The molecule has 31 heavy (non-hydrogen) atoms. The first-order valence-electron chi connectivity index (χ1n) is 11.1. The van der Waals surface area contributed by atoms with E-state index < -0.39 is 0 Å². The summed E-state index contributed by atoms with van der Waals surface area (Å²) in [5, 5.41) is 6.74. The molecule has 0 atom stereocenters. The molecular formula is C23H40IN5O2. The Balaban J connectivity index is 0.00000480. The van der Waals surface area contributed by atoms with Crippen LogP contribution in [0.5, 0.6) is 0 Å². The zero-order chi connectivity index (χ0) is 21.8. The molecular weight excluding hydrogens is 505 g/mol. The second kappa shape index (κ2) is 15.4. The number of carbonyl (C=O) groups excluding carboxylic acids is 1. The SMILES string of the molecule is CC(C)c1ccc(CCCNC(=NCC(=O)N(C)C)NCCN2CCOCC2)cc1.I. The van der Waals surface area contributed by atoms with Crippen molar-refractivity contribution in [1.82, 2.24) is 20.4 Å². The molecule has 0 aliphatic carbocycles. The van der Waals surface area contributed by atoms with Gasteiger partial charge in [0.05, 0.1) is 13.2 Å². The third-order valence-corrected chi connectivity index (χ3v) is 5.28. The summed E-state index contributed by atoms with van der Waals surface area (Å²) < 4.78 is 5.39. The highest BCUT2D eigenvalue weighted by Gasteiger charge is 2.10. The summed E-state index contributed by atoms with van der Waals surface area (Å²) in [5.41, 5.74) is 2.73. The monoisotopic (exact) mass is 545 g/mol. The summed E-state index contributed by atoms with van der Waals surface area (Å²) in [5.74, 6) is 1.26. The minimum atomic E-state index is -0.00507. The third-order valence-electron chi connectivity index (χ3n) is 5.28. The molecule has 2 N–H and O–H groups in total. The van der Waals surface area contributed by atoms with E-state index in [0.717, 1.165) is 58.8 Å². The summed E-state index contributed by atoms with van der Waals surface area (Å²) in [6.07, 6.45) is 2.02. The highest BCUT2D eigenvalue weighted by atomic mass is 127. The highest BCUT2D eigenvalue weighted by molar-refractivity contribution is 14.0. The number of halogens is 1. The third kappa shape index (κ3) is 11.2. The van der Waals surface area contributed by atoms with Crippen molar-refractivity contribution in [3.63, 3.8) is 0 Å². The van der Waals surface area contributed by atoms with Gasteiger partial charge in [-0.3, -0.25) is 9.69 Å². The van der Waals surface area contributed by atoms with E-state index in [9.17, 15) is 4.79 Å². The smallest absolute Gasteiger partial charge is 0.243 e. The minimum Gasteiger partial charge on any atom is -0.379 e. The van der Waals surface area contributed by atoms with Gasteiger partial charge in [-0.25, -0.2) is 4.99 Å². The molecule has 1 aliphatic heterocycles. The van der Waals surface area contributed by atoms with Gasteiger partial charge in [0.2, 0.25) is 5.91 Å². The Labute approximate surface area is 205 Å². The predicted molar refractivity (Wildman–Crippen MR) is 139 cm³/mol. The molecule has 1 aromatic rings. The van der Waals surface area contributed by atoms with Crippen molar-refractivity contribution in [3.05, 3.63) is 35.4 Å². The molecule has 2 rings (SSSR count). The van der Waals surface area contributed by atoms with Gasteiger partial charge in [0, 0.05) is 46.8 Å². The fourth-order valence-electron chi connectivity index (χ4n) is 3.19. The lowest BCUT2D eigenvalue weighted by atomic mass is 10.0. The van der Waals surface area contributed by atoms with Gasteiger partial charge >= 0.3 is 0 Å². The van der Waals surface area contributed by atoms with E-state index in [4.69, 9.17) is 4.74 Å². The number of aliphatic imine (C=N–C) groups is 1. The van der Waals surface area contributed by atoms with E-state index >= 15 is 0 Å². The summed E-state index contributed by atoms with van der Waals surface area (Å²) >= 11 is 0. The lowest BCUT2D eigenvalue weighted by molar-refractivity contribution is -0.127. The zero-order valence-corrected chi connectivity index (χ0v) is 21.9. The minimum absolute atomic E-state index is 0. The normalized spacial score (nSPS) is 14.8. The molecule has 0 unspecified atom stereocenters. The van der Waals surface area contributed by atoms with Crippen LogP contribution in [0.15, 0.2) is 29.3 Å². The van der Waals surface area contributed by atoms with E-state index in [1.54, 1.807) is 19.0 Å². The second-order valence-electron chi connectivity index (χ2n) is 8.26. The van der Waals surface area contributed by atoms with Gasteiger partial charge < -0.3 is 20.3 Å². The number of hydrogen-bond donors (Lipinski definition) is 2. The Morgan fingerprint density at radius 2 is 1.77 bits per heavy atom. The molecule has 7 nitrogen and oxygen atoms in total. The Hall–Kier alpha value is -1.39. The number of likely N-dealkylation sites (N-methyl/N-ethyl adjacent to an activating group) is 1. The van der Waals surface area contributed by atoms with Crippen LogP contribution in [0.3, 0.4) is 0 Å². The molecule has 0 bridgehead atoms. The number of nitrogens with zero attached hydrogens (tertiary/aromatic N) is 3. The summed E-state index contributed by atoms with van der Waals surface area (Å²) in [6.45, 7) is 10.7. The maximum atomic E-state index is 11.9. The van der Waals surface area contributed by atoms with Crippen LogP contribution in [-0.2, 0) is 16.0 Å². The van der Waals surface area contributed by atoms with E-state index in [-0.39, 0.29) is 36.4 Å². The Kier molecular flexibility index (Phi) is 13.7. The van der Waals surface area contributed by atoms with Crippen molar-refractivity contribution in [3.8, 4) is 0 Å². The number of amides is 1. The largest absolute Gasteiger partial charge is 0.379 e. The van der Waals surface area contributed by atoms with Gasteiger partial charge in [-0.05, 0) is 29.9 Å². The first-order chi connectivity index (χ1) is 14.5. The van der Waals surface area contributed by atoms with Crippen LogP contribution < -0.4 is 10.6 Å². The van der Waals surface area contributed by atoms with Crippen LogP contribution >= 0.6 is 24.0 Å². The van der Waals surface area contributed by atoms with Crippen LogP contribution in [0, 0.1) is 0 Å². The lowest BCUT2D eigenvalue weighted by Crippen LogP contribution is -2.45. The molecule has 1 fully saturated rings. The van der Waals surface area contributed by atoms with Crippen LogP contribution in [0.25, 0.3) is 0 Å². The molecule has 0 aromatic heterocycles. The number of rotatable bonds is 10. The number of guanidine groups is 1. The van der Waals surface area contributed by atoms with Gasteiger partial charge in [-0.1, -0.05) is 38.1 Å². The van der Waals surface area contributed by atoms with E-state index in [1.165, 1.54) is 11.1 Å². The van der Waals surface area contributed by atoms with Crippen molar-refractivity contribution in [2.45, 2.75) is 32.6 Å². The summed E-state index contributed by atoms with van der Waals surface area (Å²) in [6, 6.07) is 8.89. The highest BCUT2D eigenvalue weighted by Crippen LogP contribution is 2.15. The molecule has 8 heteroatoms. The number of ether oxygens (including phenoxy) is 1. The molecule has 0 radical (unpaired) electrons. The van der Waals surface area contributed by atoms with Crippen molar-refractivity contribution < 1.29 is 9.53 Å². The van der Waals surface area contributed by atoms with E-state index in [2.05, 4.69) is 58.6 Å². The van der Waals surface area contributed by atoms with E-state index in [1.807, 2.05) is 0 Å². The maximum Gasteiger partial charge on any atom is 0.243 e. The second-order valence-corrected chi connectivity index (χ2v) is 8.26. The van der Waals surface area contributed by atoms with Gasteiger partial charge in [-0.2, -0.15) is 0 Å². The number of aryl methyl sites for hydroxylation is 1. The van der Waals surface area contributed by atoms with Crippen molar-refractivity contribution in [2.75, 3.05) is 66.6 Å². The molecule has 176 valence electrons. The maximum absolute atomic E-state index is 11.9. The average molecular weight is 546 g/mol. The number of morpholine rings is 1. The van der Waals surface area contributed by atoms with Crippen LogP contribution in [0.2, 0.25) is 0 Å². The van der Waals surface area contributed by atoms with Crippen LogP contribution in [0.4, 0.5) is 0 Å². The Bertz CT molecular complexity index is 658. The standard InChI is InChI=1S/C23H39N5O2.HI/c1-19(2)21-9-7-20(8-10-21)6-5-11-24-23(26-18-22(29)27(3)4)25-12-13-28-14-16-30-17-15-28;/h7-10,19H,5-6,11-18H2,1-4H3,(H2,24,25,26);1H. The van der Waals surface area contributed by atoms with Crippen LogP contribution in [-0.4, -0.2) is 88.2 Å². The molecule has 1 aliphatic rings. The molecule has 1 amide bonds. The predicted octanol–water partition coefficient (Wildman–Crippen LogP) is 2.32. The topological polar surface area (TPSA) is 69.2 Å². The lowest BCUT2D eigenvalue weighted by Gasteiger charge is -2.26. The molecule has 1 saturated heterocycles. The van der Waals surface area contributed by atoms with Crippen molar-refractivity contribution in [2.24, 2.45) is 4.99 Å². The van der Waals surface area contributed by atoms with Gasteiger partial charge in [-0.15, -0.1) is 24.0 Å². The van der Waals surface area contributed by atoms with Crippen molar-refractivity contribution in [1.29, 1.82) is 0 Å². The summed E-state index contributed by atoms with van der Waals surface area (Å²) in [4.78, 5) is 20.3. The van der Waals surface area contributed by atoms with Gasteiger partial charge in [0.15, 0.2) is 5.96 Å². The Morgan fingerprint density at radius 1 is 1.13 bits per heavy atom. The quantitative estimate of drug-likeness (QED) is 0.205. The van der Waals surface area contributed by atoms with Gasteiger partial charge in [0.1, 0.15) is 6.54 Å². The number of hydrogen-bond acceptors (Lipinski definition) is 4. The molecule has 1 aromatic carbocycles.